The molecule has 0 saturated heterocycles. The Balaban J connectivity index is 1.63. The number of hydrogen-bond donors (Lipinski definition) is 1. The SMILES string of the molecule is O=C(COC(=O)c1cc(-c2ccncc2)nc2ccccc12)NC1CC1. The molecule has 1 aliphatic rings. The Labute approximate surface area is 150 Å². The van der Waals surface area contributed by atoms with Crippen molar-refractivity contribution in [1.29, 1.82) is 0 Å². The number of hydrogen-bond acceptors (Lipinski definition) is 5. The van der Waals surface area contributed by atoms with Gasteiger partial charge in [-0.05, 0) is 37.1 Å². The molecule has 3 aromatic rings. The van der Waals surface area contributed by atoms with E-state index in [4.69, 9.17) is 4.74 Å². The molecule has 26 heavy (non-hydrogen) atoms. The second-order valence-electron chi connectivity index (χ2n) is 6.23. The average Bonchev–Trinajstić information content (AvgIpc) is 3.50. The fourth-order valence-corrected chi connectivity index (χ4v) is 2.72. The molecule has 0 unspecified atom stereocenters. The molecular formula is C20H17N3O3. The minimum Gasteiger partial charge on any atom is -0.452 e. The monoisotopic (exact) mass is 347 g/mol. The Bertz CT molecular complexity index is 968. The van der Waals surface area contributed by atoms with Gasteiger partial charge in [0, 0.05) is 29.4 Å². The quantitative estimate of drug-likeness (QED) is 0.718. The van der Waals surface area contributed by atoms with E-state index >= 15 is 0 Å². The van der Waals surface area contributed by atoms with Crippen LogP contribution in [0.4, 0.5) is 0 Å². The minimum atomic E-state index is -0.537. The number of nitrogens with zero attached hydrogens (tertiary/aromatic N) is 2. The van der Waals surface area contributed by atoms with Crippen LogP contribution in [0.2, 0.25) is 0 Å². The molecule has 1 amide bonds. The third kappa shape index (κ3) is 3.54. The molecule has 130 valence electrons. The first-order chi connectivity index (χ1) is 12.7. The van der Waals surface area contributed by atoms with Crippen molar-refractivity contribution in [3.63, 3.8) is 0 Å². The van der Waals surface area contributed by atoms with Gasteiger partial charge in [0.05, 0.1) is 16.8 Å². The summed E-state index contributed by atoms with van der Waals surface area (Å²) < 4.78 is 5.23. The lowest BCUT2D eigenvalue weighted by atomic mass is 10.0. The van der Waals surface area contributed by atoms with Crippen molar-refractivity contribution in [3.8, 4) is 11.3 Å². The van der Waals surface area contributed by atoms with Gasteiger partial charge >= 0.3 is 5.97 Å². The van der Waals surface area contributed by atoms with Crippen LogP contribution in [0.3, 0.4) is 0 Å². The highest BCUT2D eigenvalue weighted by Gasteiger charge is 2.24. The van der Waals surface area contributed by atoms with Crippen LogP contribution in [-0.2, 0) is 9.53 Å². The van der Waals surface area contributed by atoms with Crippen molar-refractivity contribution in [2.75, 3.05) is 6.61 Å². The molecular weight excluding hydrogens is 330 g/mol. The summed E-state index contributed by atoms with van der Waals surface area (Å²) in [5.41, 5.74) is 2.59. The second kappa shape index (κ2) is 6.92. The summed E-state index contributed by atoms with van der Waals surface area (Å²) in [6, 6.07) is 13.0. The Kier molecular flexibility index (Phi) is 4.31. The zero-order chi connectivity index (χ0) is 17.9. The van der Waals surface area contributed by atoms with Gasteiger partial charge in [0.25, 0.3) is 5.91 Å². The molecule has 0 atom stereocenters. The topological polar surface area (TPSA) is 81.2 Å². The van der Waals surface area contributed by atoms with Gasteiger partial charge in [-0.25, -0.2) is 9.78 Å². The Morgan fingerprint density at radius 3 is 2.65 bits per heavy atom. The first kappa shape index (κ1) is 16.2. The van der Waals surface area contributed by atoms with Crippen molar-refractivity contribution < 1.29 is 14.3 Å². The second-order valence-corrected chi connectivity index (χ2v) is 6.23. The largest absolute Gasteiger partial charge is 0.452 e. The molecule has 4 rings (SSSR count). The van der Waals surface area contributed by atoms with E-state index in [1.54, 1.807) is 18.5 Å². The maximum absolute atomic E-state index is 12.6. The average molecular weight is 347 g/mol. The summed E-state index contributed by atoms with van der Waals surface area (Å²) in [5.74, 6) is -0.807. The molecule has 6 nitrogen and oxygen atoms in total. The molecule has 6 heteroatoms. The Hall–Kier alpha value is -3.28. The van der Waals surface area contributed by atoms with Crippen LogP contribution >= 0.6 is 0 Å². The summed E-state index contributed by atoms with van der Waals surface area (Å²) in [7, 11) is 0. The van der Waals surface area contributed by atoms with Crippen molar-refractivity contribution in [2.45, 2.75) is 18.9 Å². The van der Waals surface area contributed by atoms with Crippen molar-refractivity contribution in [2.24, 2.45) is 0 Å². The molecule has 0 spiro atoms. The van der Waals surface area contributed by atoms with Gasteiger partial charge < -0.3 is 10.1 Å². The van der Waals surface area contributed by atoms with Crippen LogP contribution < -0.4 is 5.32 Å². The number of amides is 1. The fourth-order valence-electron chi connectivity index (χ4n) is 2.72. The number of rotatable bonds is 5. The number of aromatic nitrogens is 2. The first-order valence-electron chi connectivity index (χ1n) is 8.47. The summed E-state index contributed by atoms with van der Waals surface area (Å²) in [6.45, 7) is -0.281. The summed E-state index contributed by atoms with van der Waals surface area (Å²) in [4.78, 5) is 33.0. The predicted octanol–water partition coefficient (Wildman–Crippen LogP) is 2.73. The first-order valence-corrected chi connectivity index (χ1v) is 8.47. The van der Waals surface area contributed by atoms with Crippen molar-refractivity contribution >= 4 is 22.8 Å². The van der Waals surface area contributed by atoms with Gasteiger partial charge in [0.2, 0.25) is 0 Å². The molecule has 1 fully saturated rings. The van der Waals surface area contributed by atoms with E-state index in [2.05, 4.69) is 15.3 Å². The van der Waals surface area contributed by atoms with Crippen LogP contribution in [0.1, 0.15) is 23.2 Å². The fraction of sp³-hybridized carbons (Fsp3) is 0.200. The van der Waals surface area contributed by atoms with Crippen LogP contribution in [0.25, 0.3) is 22.2 Å². The van der Waals surface area contributed by atoms with Crippen LogP contribution in [0.15, 0.2) is 54.9 Å². The Morgan fingerprint density at radius 2 is 1.88 bits per heavy atom. The summed E-state index contributed by atoms with van der Waals surface area (Å²) in [6.07, 6.45) is 5.33. The van der Waals surface area contributed by atoms with Gasteiger partial charge in [0.15, 0.2) is 6.61 Å². The van der Waals surface area contributed by atoms with Crippen molar-refractivity contribution in [1.82, 2.24) is 15.3 Å². The van der Waals surface area contributed by atoms with E-state index in [9.17, 15) is 9.59 Å². The molecule has 1 aromatic carbocycles. The molecule has 0 bridgehead atoms. The number of fused-ring (bicyclic) bond motifs is 1. The van der Waals surface area contributed by atoms with Crippen molar-refractivity contribution in [3.05, 3.63) is 60.4 Å². The molecule has 0 aliphatic heterocycles. The number of nitrogens with one attached hydrogen (secondary N) is 1. The van der Waals surface area contributed by atoms with E-state index in [1.807, 2.05) is 36.4 Å². The zero-order valence-electron chi connectivity index (χ0n) is 14.0. The van der Waals surface area contributed by atoms with Gasteiger partial charge in [0.1, 0.15) is 0 Å². The molecule has 1 saturated carbocycles. The maximum Gasteiger partial charge on any atom is 0.339 e. The lowest BCUT2D eigenvalue weighted by molar-refractivity contribution is -0.124. The number of benzene rings is 1. The Morgan fingerprint density at radius 1 is 1.12 bits per heavy atom. The lowest BCUT2D eigenvalue weighted by Crippen LogP contribution is -2.30. The maximum atomic E-state index is 12.6. The van der Waals surface area contributed by atoms with Gasteiger partial charge in [-0.3, -0.25) is 9.78 Å². The molecule has 2 aromatic heterocycles. The highest BCUT2D eigenvalue weighted by molar-refractivity contribution is 6.05. The molecule has 1 N–H and O–H groups in total. The van der Waals surface area contributed by atoms with E-state index in [0.29, 0.717) is 22.2 Å². The van der Waals surface area contributed by atoms with Crippen LogP contribution in [0, 0.1) is 0 Å². The summed E-state index contributed by atoms with van der Waals surface area (Å²) >= 11 is 0. The number of para-hydroxylation sites is 1. The van der Waals surface area contributed by atoms with Gasteiger partial charge in [-0.1, -0.05) is 18.2 Å². The number of pyridine rings is 2. The normalized spacial score (nSPS) is 13.4. The summed E-state index contributed by atoms with van der Waals surface area (Å²) in [5, 5.41) is 3.49. The molecule has 0 radical (unpaired) electrons. The van der Waals surface area contributed by atoms with E-state index < -0.39 is 5.97 Å². The number of ether oxygens (including phenoxy) is 1. The van der Waals surface area contributed by atoms with Gasteiger partial charge in [-0.15, -0.1) is 0 Å². The number of carbonyl (C=O) groups excluding carboxylic acids is 2. The zero-order valence-corrected chi connectivity index (χ0v) is 14.0. The highest BCUT2D eigenvalue weighted by atomic mass is 16.5. The van der Waals surface area contributed by atoms with Gasteiger partial charge in [-0.2, -0.15) is 0 Å². The third-order valence-electron chi connectivity index (χ3n) is 4.19. The van der Waals surface area contributed by atoms with E-state index in [-0.39, 0.29) is 18.6 Å². The third-order valence-corrected chi connectivity index (χ3v) is 4.19. The highest BCUT2D eigenvalue weighted by Crippen LogP contribution is 2.25. The van der Waals surface area contributed by atoms with E-state index in [1.165, 1.54) is 0 Å². The van der Waals surface area contributed by atoms with E-state index in [0.717, 1.165) is 18.4 Å². The predicted molar refractivity (Wildman–Crippen MR) is 96.4 cm³/mol. The lowest BCUT2D eigenvalue weighted by Gasteiger charge is -2.10. The molecule has 2 heterocycles. The van der Waals surface area contributed by atoms with Crippen LogP contribution in [0.5, 0.6) is 0 Å². The molecule has 1 aliphatic carbocycles. The minimum absolute atomic E-state index is 0.237. The standard InChI is InChI=1S/C20H17N3O3/c24-19(22-14-5-6-14)12-26-20(25)16-11-18(13-7-9-21-10-8-13)23-17-4-2-1-3-15(16)17/h1-4,7-11,14H,5-6,12H2,(H,22,24). The number of esters is 1. The van der Waals surface area contributed by atoms with Crippen LogP contribution in [-0.4, -0.2) is 34.5 Å². The number of carbonyl (C=O) groups is 2. The smallest absolute Gasteiger partial charge is 0.339 e.